The first kappa shape index (κ1) is 17.9. The summed E-state index contributed by atoms with van der Waals surface area (Å²) < 4.78 is 7.37. The molecule has 0 unspecified atom stereocenters. The first-order valence-electron chi connectivity index (χ1n) is 9.08. The summed E-state index contributed by atoms with van der Waals surface area (Å²) in [4.78, 5) is 17.0. The van der Waals surface area contributed by atoms with Gasteiger partial charge in [0.25, 0.3) is 0 Å². The van der Waals surface area contributed by atoms with Gasteiger partial charge < -0.3 is 14.7 Å². The molecule has 9 heteroatoms. The highest BCUT2D eigenvalue weighted by Gasteiger charge is 2.23. The Morgan fingerprint density at radius 2 is 1.93 bits per heavy atom. The second-order valence-corrected chi connectivity index (χ2v) is 6.66. The molecule has 3 aromatic rings. The van der Waals surface area contributed by atoms with Crippen LogP contribution in [-0.4, -0.2) is 54.4 Å². The van der Waals surface area contributed by atoms with Gasteiger partial charge in [0.2, 0.25) is 0 Å². The molecule has 1 aliphatic rings. The number of hydrogen-bond donors (Lipinski definition) is 1. The molecule has 28 heavy (non-hydrogen) atoms. The van der Waals surface area contributed by atoms with Crippen LogP contribution in [0.25, 0.3) is 5.69 Å². The standard InChI is InChI=1S/C19H20N6O3/c26-19(27)24-9-7-14(8-10-24)15-1-2-16(20-11-15)12-28-18-5-3-17(4-6-18)25-13-21-22-23-25/h1-6,11,13-14H,7-10,12H2,(H,26,27). The summed E-state index contributed by atoms with van der Waals surface area (Å²) in [6, 6.07) is 11.5. The van der Waals surface area contributed by atoms with Crippen molar-refractivity contribution >= 4 is 6.09 Å². The Bertz CT molecular complexity index is 904. The minimum atomic E-state index is -0.838. The van der Waals surface area contributed by atoms with Crippen LogP contribution in [0, 0.1) is 0 Å². The van der Waals surface area contributed by atoms with Crippen LogP contribution >= 0.6 is 0 Å². The zero-order valence-corrected chi connectivity index (χ0v) is 15.2. The molecule has 0 bridgehead atoms. The lowest BCUT2D eigenvalue weighted by Gasteiger charge is -2.30. The molecular formula is C19H20N6O3. The second-order valence-electron chi connectivity index (χ2n) is 6.66. The molecular weight excluding hydrogens is 360 g/mol. The lowest BCUT2D eigenvalue weighted by atomic mass is 9.90. The quantitative estimate of drug-likeness (QED) is 0.725. The van der Waals surface area contributed by atoms with Crippen LogP contribution in [-0.2, 0) is 6.61 Å². The molecule has 9 nitrogen and oxygen atoms in total. The Labute approximate surface area is 161 Å². The third kappa shape index (κ3) is 4.08. The maximum absolute atomic E-state index is 11.0. The van der Waals surface area contributed by atoms with E-state index in [4.69, 9.17) is 9.84 Å². The number of nitrogens with zero attached hydrogens (tertiary/aromatic N) is 6. The smallest absolute Gasteiger partial charge is 0.407 e. The van der Waals surface area contributed by atoms with Crippen LogP contribution in [0.15, 0.2) is 48.9 Å². The fraction of sp³-hybridized carbons (Fsp3) is 0.316. The SMILES string of the molecule is O=C(O)N1CCC(c2ccc(COc3ccc(-n4cnnn4)cc3)nc2)CC1. The number of tetrazole rings is 1. The summed E-state index contributed by atoms with van der Waals surface area (Å²) >= 11 is 0. The molecule has 0 saturated carbocycles. The predicted octanol–water partition coefficient (Wildman–Crippen LogP) is 2.49. The molecule has 4 rings (SSSR count). The molecule has 0 spiro atoms. The Morgan fingerprint density at radius 3 is 2.54 bits per heavy atom. The molecule has 144 valence electrons. The minimum absolute atomic E-state index is 0.358. The Balaban J connectivity index is 1.31. The fourth-order valence-electron chi connectivity index (χ4n) is 3.30. The van der Waals surface area contributed by atoms with Gasteiger partial charge in [0.1, 0.15) is 18.7 Å². The van der Waals surface area contributed by atoms with Crippen LogP contribution in [0.4, 0.5) is 4.79 Å². The van der Waals surface area contributed by atoms with Gasteiger partial charge in [-0.05, 0) is 65.1 Å². The second kappa shape index (κ2) is 8.03. The summed E-state index contributed by atoms with van der Waals surface area (Å²) in [5.74, 6) is 1.10. The Hall–Kier alpha value is -3.49. The van der Waals surface area contributed by atoms with Crippen molar-refractivity contribution in [1.82, 2.24) is 30.1 Å². The van der Waals surface area contributed by atoms with Crippen molar-refractivity contribution in [1.29, 1.82) is 0 Å². The molecule has 0 aliphatic carbocycles. The minimum Gasteiger partial charge on any atom is -0.487 e. The number of hydrogen-bond acceptors (Lipinski definition) is 6. The van der Waals surface area contributed by atoms with Gasteiger partial charge in [-0.15, -0.1) is 5.10 Å². The van der Waals surface area contributed by atoms with E-state index in [1.165, 1.54) is 11.2 Å². The number of benzene rings is 1. The number of carboxylic acid groups (broad SMARTS) is 1. The molecule has 3 heterocycles. The van der Waals surface area contributed by atoms with E-state index >= 15 is 0 Å². The summed E-state index contributed by atoms with van der Waals surface area (Å²) in [7, 11) is 0. The van der Waals surface area contributed by atoms with Crippen LogP contribution in [0.1, 0.15) is 30.0 Å². The first-order chi connectivity index (χ1) is 13.7. The zero-order valence-electron chi connectivity index (χ0n) is 15.2. The molecule has 2 aromatic heterocycles. The maximum atomic E-state index is 11.0. The number of pyridine rings is 1. The number of amides is 1. The van der Waals surface area contributed by atoms with Crippen LogP contribution in [0.5, 0.6) is 5.75 Å². The van der Waals surface area contributed by atoms with Crippen LogP contribution < -0.4 is 4.74 Å². The summed E-state index contributed by atoms with van der Waals surface area (Å²) in [6.07, 6.45) is 4.23. The molecule has 1 fully saturated rings. The summed E-state index contributed by atoms with van der Waals surface area (Å²) in [5, 5.41) is 20.1. The van der Waals surface area contributed by atoms with E-state index in [-0.39, 0.29) is 0 Å². The third-order valence-electron chi connectivity index (χ3n) is 4.92. The molecule has 1 saturated heterocycles. The number of carbonyl (C=O) groups is 1. The largest absolute Gasteiger partial charge is 0.487 e. The van der Waals surface area contributed by atoms with E-state index in [9.17, 15) is 4.79 Å². The average molecular weight is 380 g/mol. The molecule has 1 aromatic carbocycles. The lowest BCUT2D eigenvalue weighted by molar-refractivity contribution is 0.132. The van der Waals surface area contributed by atoms with Crippen molar-refractivity contribution in [3.63, 3.8) is 0 Å². The van der Waals surface area contributed by atoms with Gasteiger partial charge in [0.05, 0.1) is 11.4 Å². The summed E-state index contributed by atoms with van der Waals surface area (Å²) in [6.45, 7) is 1.53. The zero-order chi connectivity index (χ0) is 19.3. The van der Waals surface area contributed by atoms with E-state index in [0.717, 1.165) is 35.5 Å². The van der Waals surface area contributed by atoms with E-state index in [1.54, 1.807) is 4.68 Å². The Kier molecular flexibility index (Phi) is 5.14. The number of aromatic nitrogens is 5. The maximum Gasteiger partial charge on any atom is 0.407 e. The molecule has 1 N–H and O–H groups in total. The van der Waals surface area contributed by atoms with Crippen molar-refractivity contribution in [2.75, 3.05) is 13.1 Å². The summed E-state index contributed by atoms with van der Waals surface area (Å²) in [5.41, 5.74) is 2.85. The predicted molar refractivity (Wildman–Crippen MR) is 99.3 cm³/mol. The number of piperidine rings is 1. The highest BCUT2D eigenvalue weighted by atomic mass is 16.5. The van der Waals surface area contributed by atoms with Crippen molar-refractivity contribution in [3.8, 4) is 11.4 Å². The van der Waals surface area contributed by atoms with Gasteiger partial charge in [0, 0.05) is 19.3 Å². The highest BCUT2D eigenvalue weighted by Crippen LogP contribution is 2.27. The molecule has 0 atom stereocenters. The van der Waals surface area contributed by atoms with Crippen LogP contribution in [0.2, 0.25) is 0 Å². The van der Waals surface area contributed by atoms with E-state index in [2.05, 4.69) is 26.6 Å². The van der Waals surface area contributed by atoms with Crippen molar-refractivity contribution in [3.05, 3.63) is 60.2 Å². The fourth-order valence-corrected chi connectivity index (χ4v) is 3.30. The van der Waals surface area contributed by atoms with E-state index in [1.807, 2.05) is 36.5 Å². The average Bonchev–Trinajstić information content (AvgIpc) is 3.28. The number of ether oxygens (including phenoxy) is 1. The van der Waals surface area contributed by atoms with Gasteiger partial charge in [-0.25, -0.2) is 9.48 Å². The van der Waals surface area contributed by atoms with Gasteiger partial charge in [-0.2, -0.15) is 0 Å². The van der Waals surface area contributed by atoms with E-state index in [0.29, 0.717) is 25.6 Å². The first-order valence-corrected chi connectivity index (χ1v) is 9.08. The number of likely N-dealkylation sites (tertiary alicyclic amines) is 1. The van der Waals surface area contributed by atoms with Gasteiger partial charge in [0.15, 0.2) is 0 Å². The van der Waals surface area contributed by atoms with Crippen molar-refractivity contribution in [2.45, 2.75) is 25.4 Å². The van der Waals surface area contributed by atoms with E-state index < -0.39 is 6.09 Å². The third-order valence-corrected chi connectivity index (χ3v) is 4.92. The molecule has 1 amide bonds. The lowest BCUT2D eigenvalue weighted by Crippen LogP contribution is -2.36. The number of rotatable bonds is 5. The van der Waals surface area contributed by atoms with Gasteiger partial charge >= 0.3 is 6.09 Å². The molecule has 1 aliphatic heterocycles. The van der Waals surface area contributed by atoms with Gasteiger partial charge in [-0.3, -0.25) is 4.98 Å². The topological polar surface area (TPSA) is 106 Å². The monoisotopic (exact) mass is 380 g/mol. The van der Waals surface area contributed by atoms with Gasteiger partial charge in [-0.1, -0.05) is 6.07 Å². The molecule has 0 radical (unpaired) electrons. The highest BCUT2D eigenvalue weighted by molar-refractivity contribution is 5.65. The van der Waals surface area contributed by atoms with Crippen molar-refractivity contribution < 1.29 is 14.6 Å². The van der Waals surface area contributed by atoms with Crippen LogP contribution in [0.3, 0.4) is 0 Å². The normalized spacial score (nSPS) is 14.8. The Morgan fingerprint density at radius 1 is 1.14 bits per heavy atom. The van der Waals surface area contributed by atoms with Crippen molar-refractivity contribution in [2.24, 2.45) is 0 Å².